The molecule has 0 spiro atoms. The number of benzene rings is 2. The molecule has 1 aliphatic rings. The lowest BCUT2D eigenvalue weighted by Crippen LogP contribution is -2.22. The van der Waals surface area contributed by atoms with Crippen molar-refractivity contribution in [2.75, 3.05) is 33.6 Å². The van der Waals surface area contributed by atoms with Crippen molar-refractivity contribution in [2.24, 2.45) is 0 Å². The Bertz CT molecular complexity index is 1650. The van der Waals surface area contributed by atoms with Crippen LogP contribution in [0.3, 0.4) is 0 Å². The first-order valence-corrected chi connectivity index (χ1v) is 14.7. The summed E-state index contributed by atoms with van der Waals surface area (Å²) in [6, 6.07) is 14.3. The summed E-state index contributed by atoms with van der Waals surface area (Å²) in [5.74, 6) is 0.622. The maximum absolute atomic E-state index is 14.2. The van der Waals surface area contributed by atoms with Gasteiger partial charge in [-0.3, -0.25) is 4.98 Å². The summed E-state index contributed by atoms with van der Waals surface area (Å²) >= 11 is 7.04. The van der Waals surface area contributed by atoms with Crippen LogP contribution in [0.15, 0.2) is 54.7 Å². The molecule has 5 rings (SSSR count). The van der Waals surface area contributed by atoms with E-state index >= 15 is 0 Å². The lowest BCUT2D eigenvalue weighted by molar-refractivity contribution is -0.137. The second-order valence-corrected chi connectivity index (χ2v) is 11.0. The molecule has 0 aliphatic heterocycles. The number of hydrogen-bond acceptors (Lipinski definition) is 7. The zero-order valence-corrected chi connectivity index (χ0v) is 27.0. The SMILES string of the molecule is CNCc1ccc(-c2nccc(-c3cccc4c3CCC[C@@H]4Nc3nc(OC)c(CNC)cc3C(F)(F)F)c2Cl)cc1OC.Cl. The lowest BCUT2D eigenvalue weighted by Gasteiger charge is -2.30. The zero-order valence-electron chi connectivity index (χ0n) is 25.4. The third kappa shape index (κ3) is 7.14. The maximum Gasteiger partial charge on any atom is 0.419 e. The van der Waals surface area contributed by atoms with E-state index in [0.29, 0.717) is 29.2 Å². The number of nitrogens with one attached hydrogen (secondary N) is 3. The van der Waals surface area contributed by atoms with Crippen LogP contribution >= 0.6 is 24.0 Å². The summed E-state index contributed by atoms with van der Waals surface area (Å²) in [5, 5.41) is 9.62. The monoisotopic (exact) mass is 661 g/mol. The Balaban J connectivity index is 0.00000461. The molecule has 0 unspecified atom stereocenters. The van der Waals surface area contributed by atoms with Gasteiger partial charge in [-0.25, -0.2) is 0 Å². The number of hydrogen-bond donors (Lipinski definition) is 3. The summed E-state index contributed by atoms with van der Waals surface area (Å²) in [7, 11) is 6.56. The van der Waals surface area contributed by atoms with Crippen LogP contribution in [0.25, 0.3) is 22.4 Å². The summed E-state index contributed by atoms with van der Waals surface area (Å²) in [5.41, 5.74) is 5.63. The van der Waals surface area contributed by atoms with Gasteiger partial charge in [0.15, 0.2) is 0 Å². The highest BCUT2D eigenvalue weighted by atomic mass is 35.5. The molecule has 0 amide bonds. The van der Waals surface area contributed by atoms with Crippen molar-refractivity contribution in [3.8, 4) is 34.0 Å². The van der Waals surface area contributed by atoms with E-state index < -0.39 is 17.8 Å². The quantitative estimate of drug-likeness (QED) is 0.160. The first-order valence-electron chi connectivity index (χ1n) is 14.3. The molecular formula is C33H36Cl2F3N5O2. The van der Waals surface area contributed by atoms with Crippen LogP contribution in [0, 0.1) is 0 Å². The molecular weight excluding hydrogens is 626 g/mol. The predicted octanol–water partition coefficient (Wildman–Crippen LogP) is 7.85. The predicted molar refractivity (Wildman–Crippen MR) is 175 cm³/mol. The molecule has 1 atom stereocenters. The Morgan fingerprint density at radius 2 is 1.71 bits per heavy atom. The molecule has 2 aromatic heterocycles. The van der Waals surface area contributed by atoms with Crippen LogP contribution < -0.4 is 25.4 Å². The van der Waals surface area contributed by atoms with Gasteiger partial charge in [0.05, 0.1) is 36.5 Å². The van der Waals surface area contributed by atoms with E-state index in [4.69, 9.17) is 21.1 Å². The fourth-order valence-corrected chi connectivity index (χ4v) is 6.18. The summed E-state index contributed by atoms with van der Waals surface area (Å²) in [4.78, 5) is 8.87. The number of rotatable bonds is 10. The highest BCUT2D eigenvalue weighted by molar-refractivity contribution is 6.35. The van der Waals surface area contributed by atoms with Gasteiger partial charge in [0.2, 0.25) is 5.88 Å². The molecule has 0 bridgehead atoms. The van der Waals surface area contributed by atoms with Crippen molar-refractivity contribution in [1.82, 2.24) is 20.6 Å². The second kappa shape index (κ2) is 14.7. The standard InChI is InChI=1S/C33H35ClF3N5O2.ClH/c1-38-17-20-12-11-19(16-28(20)43-3)30-29(34)25(13-14-40-30)23-7-5-9-24-22(23)8-6-10-27(24)41-31-26(33(35,36)37)15-21(18-39-2)32(42-31)44-4;/h5,7,9,11-16,27,38-39H,6,8,10,17-18H2,1-4H3,(H,41,42);1H/t27-;/m0./s1. The van der Waals surface area contributed by atoms with Crippen molar-refractivity contribution in [1.29, 1.82) is 0 Å². The number of aromatic nitrogens is 2. The number of nitrogens with zero attached hydrogens (tertiary/aromatic N) is 2. The first-order chi connectivity index (χ1) is 21.2. The minimum Gasteiger partial charge on any atom is -0.496 e. The summed E-state index contributed by atoms with van der Waals surface area (Å²) in [6.07, 6.45) is -0.699. The van der Waals surface area contributed by atoms with E-state index in [0.717, 1.165) is 58.0 Å². The van der Waals surface area contributed by atoms with E-state index in [-0.39, 0.29) is 30.6 Å². The van der Waals surface area contributed by atoms with Crippen LogP contribution in [0.2, 0.25) is 5.02 Å². The Morgan fingerprint density at radius 1 is 0.956 bits per heavy atom. The zero-order chi connectivity index (χ0) is 31.4. The van der Waals surface area contributed by atoms with Gasteiger partial charge in [-0.1, -0.05) is 41.9 Å². The van der Waals surface area contributed by atoms with Gasteiger partial charge in [0.25, 0.3) is 0 Å². The van der Waals surface area contributed by atoms with Crippen molar-refractivity contribution in [3.63, 3.8) is 0 Å². The average Bonchev–Trinajstić information content (AvgIpc) is 3.01. The van der Waals surface area contributed by atoms with E-state index in [2.05, 4.69) is 25.9 Å². The number of alkyl halides is 3. The Morgan fingerprint density at radius 3 is 2.40 bits per heavy atom. The van der Waals surface area contributed by atoms with Gasteiger partial charge >= 0.3 is 6.18 Å². The lowest BCUT2D eigenvalue weighted by atomic mass is 9.83. The van der Waals surface area contributed by atoms with Crippen LogP contribution in [0.1, 0.15) is 46.7 Å². The van der Waals surface area contributed by atoms with Gasteiger partial charge in [0, 0.05) is 41.5 Å². The Labute approximate surface area is 272 Å². The average molecular weight is 663 g/mol. The highest BCUT2D eigenvalue weighted by Crippen LogP contribution is 2.44. The normalized spacial score (nSPS) is 14.4. The third-order valence-corrected chi connectivity index (χ3v) is 8.24. The smallest absolute Gasteiger partial charge is 0.419 e. The molecule has 240 valence electrons. The van der Waals surface area contributed by atoms with E-state index in [1.54, 1.807) is 20.4 Å². The van der Waals surface area contributed by atoms with E-state index in [1.807, 2.05) is 49.5 Å². The molecule has 7 nitrogen and oxygen atoms in total. The molecule has 2 heterocycles. The fraction of sp³-hybridized carbons (Fsp3) is 0.333. The number of halogens is 5. The second-order valence-electron chi connectivity index (χ2n) is 10.6. The van der Waals surface area contributed by atoms with Gasteiger partial charge in [0.1, 0.15) is 11.6 Å². The van der Waals surface area contributed by atoms with Crippen molar-refractivity contribution >= 4 is 29.8 Å². The molecule has 45 heavy (non-hydrogen) atoms. The molecule has 0 fully saturated rings. The van der Waals surface area contributed by atoms with Crippen molar-refractivity contribution in [2.45, 2.75) is 44.6 Å². The number of fused-ring (bicyclic) bond motifs is 1. The van der Waals surface area contributed by atoms with Crippen molar-refractivity contribution in [3.05, 3.63) is 87.6 Å². The maximum atomic E-state index is 14.2. The van der Waals surface area contributed by atoms with Gasteiger partial charge in [-0.2, -0.15) is 18.2 Å². The topological polar surface area (TPSA) is 80.3 Å². The molecule has 0 radical (unpaired) electrons. The third-order valence-electron chi connectivity index (χ3n) is 7.85. The Kier molecular flexibility index (Phi) is 11.2. The van der Waals surface area contributed by atoms with Gasteiger partial charge in [-0.05, 0) is 68.2 Å². The van der Waals surface area contributed by atoms with Crippen LogP contribution in [-0.4, -0.2) is 38.3 Å². The van der Waals surface area contributed by atoms with Crippen LogP contribution in [0.4, 0.5) is 19.0 Å². The minimum absolute atomic E-state index is 0. The van der Waals surface area contributed by atoms with Crippen LogP contribution in [0.5, 0.6) is 11.6 Å². The summed E-state index contributed by atoms with van der Waals surface area (Å²) < 4.78 is 53.5. The molecule has 2 aromatic carbocycles. The number of anilines is 1. The molecule has 12 heteroatoms. The number of pyridine rings is 2. The highest BCUT2D eigenvalue weighted by Gasteiger charge is 2.37. The number of ether oxygens (including phenoxy) is 2. The van der Waals surface area contributed by atoms with E-state index in [9.17, 15) is 13.2 Å². The first kappa shape index (κ1) is 34.3. The number of methoxy groups -OCH3 is 2. The minimum atomic E-state index is -4.60. The van der Waals surface area contributed by atoms with E-state index in [1.165, 1.54) is 7.11 Å². The molecule has 3 N–H and O–H groups in total. The Hall–Kier alpha value is -3.57. The molecule has 4 aromatic rings. The van der Waals surface area contributed by atoms with Crippen LogP contribution in [-0.2, 0) is 25.7 Å². The van der Waals surface area contributed by atoms with Crippen molar-refractivity contribution < 1.29 is 22.6 Å². The summed E-state index contributed by atoms with van der Waals surface area (Å²) in [6.45, 7) is 0.847. The van der Waals surface area contributed by atoms with Gasteiger partial charge in [-0.15, -0.1) is 12.4 Å². The molecule has 0 saturated carbocycles. The van der Waals surface area contributed by atoms with Gasteiger partial charge < -0.3 is 25.4 Å². The molecule has 1 aliphatic carbocycles. The molecule has 0 saturated heterocycles. The largest absolute Gasteiger partial charge is 0.496 e. The fourth-order valence-electron chi connectivity index (χ4n) is 5.86.